The highest BCUT2D eigenvalue weighted by Crippen LogP contribution is 2.30. The van der Waals surface area contributed by atoms with Crippen LogP contribution >= 0.6 is 11.6 Å². The van der Waals surface area contributed by atoms with Crippen LogP contribution in [0.3, 0.4) is 0 Å². The molecule has 2 unspecified atom stereocenters. The second-order valence-electron chi connectivity index (χ2n) is 10.7. The third-order valence-electron chi connectivity index (χ3n) is 7.76. The average Bonchev–Trinajstić information content (AvgIpc) is 3.45. The number of hydrogen-bond acceptors (Lipinski definition) is 9. The van der Waals surface area contributed by atoms with E-state index in [2.05, 4.69) is 25.7 Å². The minimum absolute atomic E-state index is 0.109. The Morgan fingerprint density at radius 3 is 2.77 bits per heavy atom. The molecule has 0 radical (unpaired) electrons. The molecule has 0 aliphatic heterocycles. The van der Waals surface area contributed by atoms with Gasteiger partial charge >= 0.3 is 5.97 Å². The van der Waals surface area contributed by atoms with Crippen LogP contribution in [0.4, 0.5) is 10.3 Å². The van der Waals surface area contributed by atoms with Crippen LogP contribution in [0.1, 0.15) is 50.3 Å². The number of carboxylic acid groups (broad SMARTS) is 1. The zero-order valence-corrected chi connectivity index (χ0v) is 24.7. The van der Waals surface area contributed by atoms with Crippen molar-refractivity contribution >= 4 is 34.9 Å². The van der Waals surface area contributed by atoms with Gasteiger partial charge in [-0.15, -0.1) is 0 Å². The number of fused-ring (bicyclic) bond motifs is 1. The van der Waals surface area contributed by atoms with Crippen LogP contribution in [0.25, 0.3) is 16.8 Å². The molecule has 44 heavy (non-hydrogen) atoms. The van der Waals surface area contributed by atoms with E-state index >= 15 is 0 Å². The van der Waals surface area contributed by atoms with Gasteiger partial charge in [0.1, 0.15) is 29.5 Å². The zero-order valence-electron chi connectivity index (χ0n) is 23.9. The number of nitrogens with zero attached hydrogens (tertiary/aromatic N) is 5. The average molecular weight is 628 g/mol. The van der Waals surface area contributed by atoms with Crippen molar-refractivity contribution in [3.8, 4) is 17.0 Å². The molecule has 5 rings (SSSR count). The van der Waals surface area contributed by atoms with E-state index in [1.807, 2.05) is 0 Å². The van der Waals surface area contributed by atoms with E-state index in [0.29, 0.717) is 29.7 Å². The quantitative estimate of drug-likeness (QED) is 0.204. The van der Waals surface area contributed by atoms with Gasteiger partial charge in [-0.05, 0) is 49.9 Å². The number of methoxy groups -OCH3 is 1. The summed E-state index contributed by atoms with van der Waals surface area (Å²) in [4.78, 5) is 46.8. The highest BCUT2D eigenvalue weighted by atomic mass is 35.5. The molecular weight excluding hydrogens is 597 g/mol. The molecule has 1 aromatic carbocycles. The Balaban J connectivity index is 1.37. The number of anilines is 1. The molecule has 3 aromatic heterocycles. The molecule has 3 heterocycles. The number of carbonyl (C=O) groups excluding carboxylic acids is 1. The number of aromatic nitrogens is 5. The smallest absolute Gasteiger partial charge is 0.306 e. The number of aliphatic hydroxyl groups is 1. The molecule has 0 saturated heterocycles. The number of nitrogens with one attached hydrogen (secondary N) is 2. The Morgan fingerprint density at radius 1 is 1.25 bits per heavy atom. The number of halogens is 2. The fourth-order valence-corrected chi connectivity index (χ4v) is 5.53. The first-order valence-corrected chi connectivity index (χ1v) is 14.3. The molecule has 13 nitrogen and oxygen atoms in total. The first-order chi connectivity index (χ1) is 21.1. The maximum Gasteiger partial charge on any atom is 0.306 e. The molecule has 1 fully saturated rings. The number of rotatable bonds is 10. The van der Waals surface area contributed by atoms with Crippen molar-refractivity contribution in [2.24, 2.45) is 5.92 Å². The van der Waals surface area contributed by atoms with Crippen LogP contribution in [-0.2, 0) is 9.59 Å². The molecule has 4 atom stereocenters. The Labute approximate surface area is 255 Å². The molecule has 1 saturated carbocycles. The lowest BCUT2D eigenvalue weighted by Gasteiger charge is -2.27. The van der Waals surface area contributed by atoms with Crippen LogP contribution in [0.2, 0.25) is 5.02 Å². The van der Waals surface area contributed by atoms with E-state index in [1.54, 1.807) is 12.3 Å². The molecule has 15 heteroatoms. The van der Waals surface area contributed by atoms with Gasteiger partial charge in [0, 0.05) is 23.9 Å². The van der Waals surface area contributed by atoms with Gasteiger partial charge in [-0.25, -0.2) is 18.9 Å². The largest absolute Gasteiger partial charge is 0.497 e. The van der Waals surface area contributed by atoms with Gasteiger partial charge in [0.05, 0.1) is 42.6 Å². The maximum absolute atomic E-state index is 14.0. The predicted molar refractivity (Wildman–Crippen MR) is 158 cm³/mol. The van der Waals surface area contributed by atoms with Gasteiger partial charge in [0.15, 0.2) is 0 Å². The molecule has 4 aromatic rings. The minimum Gasteiger partial charge on any atom is -0.497 e. The van der Waals surface area contributed by atoms with E-state index in [9.17, 15) is 29.0 Å². The van der Waals surface area contributed by atoms with Gasteiger partial charge in [-0.1, -0.05) is 18.0 Å². The SMILES string of the molecule is COc1cc(F)cc(C(CO)NC(=O)C(C)n2cnn3cc(-c4nc(N[C@H]5CCC[C@@H](C(=O)O)C5)ncc4Cl)cc3c2=O)c1. The Hall–Kier alpha value is -4.56. The van der Waals surface area contributed by atoms with Crippen molar-refractivity contribution in [1.82, 2.24) is 29.5 Å². The number of aliphatic carboxylic acids is 1. The summed E-state index contributed by atoms with van der Waals surface area (Å²) in [5.41, 5.74) is 0.743. The summed E-state index contributed by atoms with van der Waals surface area (Å²) in [5.74, 6) is -1.94. The minimum atomic E-state index is -1.04. The number of hydrogen-bond donors (Lipinski definition) is 4. The molecule has 0 spiro atoms. The van der Waals surface area contributed by atoms with E-state index in [0.717, 1.165) is 17.4 Å². The van der Waals surface area contributed by atoms with Crippen LogP contribution in [0, 0.1) is 11.7 Å². The van der Waals surface area contributed by atoms with E-state index in [1.165, 1.54) is 49.3 Å². The highest BCUT2D eigenvalue weighted by molar-refractivity contribution is 6.32. The topological polar surface area (TPSA) is 173 Å². The number of carbonyl (C=O) groups is 2. The Morgan fingerprint density at radius 2 is 2.05 bits per heavy atom. The van der Waals surface area contributed by atoms with Crippen molar-refractivity contribution < 1.29 is 28.9 Å². The molecule has 232 valence electrons. The van der Waals surface area contributed by atoms with Crippen LogP contribution in [0.5, 0.6) is 5.75 Å². The second kappa shape index (κ2) is 13.0. The first-order valence-electron chi connectivity index (χ1n) is 14.0. The number of aliphatic hydroxyl groups excluding tert-OH is 1. The van der Waals surface area contributed by atoms with Crippen molar-refractivity contribution in [1.29, 1.82) is 0 Å². The van der Waals surface area contributed by atoms with Crippen molar-refractivity contribution in [2.75, 3.05) is 19.0 Å². The molecule has 1 aliphatic carbocycles. The summed E-state index contributed by atoms with van der Waals surface area (Å²) >= 11 is 6.42. The monoisotopic (exact) mass is 627 g/mol. The summed E-state index contributed by atoms with van der Waals surface area (Å²) < 4.78 is 21.6. The molecular formula is C29H31ClFN7O6. The summed E-state index contributed by atoms with van der Waals surface area (Å²) in [7, 11) is 1.37. The van der Waals surface area contributed by atoms with Gasteiger partial charge in [0.25, 0.3) is 5.56 Å². The molecule has 1 aliphatic rings. The standard InChI is InChI=1S/C29H31ClFN7O6/c1-15(26(40)35-23(13-39)17-6-19(31)10-21(8-17)44-2)37-14-33-38-12-18(9-24(38)27(37)41)25-22(30)11-32-29(36-25)34-20-5-3-4-16(7-20)28(42)43/h6,8-12,14-16,20,23,39H,3-5,7,13H2,1-2H3,(H,35,40)(H,42,43)(H,32,34,36)/t15?,16-,20+,23?/m1/s1. The summed E-state index contributed by atoms with van der Waals surface area (Å²) in [5, 5.41) is 29.6. The van der Waals surface area contributed by atoms with Gasteiger partial charge in [-0.3, -0.25) is 19.0 Å². The third-order valence-corrected chi connectivity index (χ3v) is 8.03. The first kappa shape index (κ1) is 30.9. The summed E-state index contributed by atoms with van der Waals surface area (Å²) in [6.07, 6.45) is 6.86. The predicted octanol–water partition coefficient (Wildman–Crippen LogP) is 3.22. The van der Waals surface area contributed by atoms with Gasteiger partial charge in [-0.2, -0.15) is 5.10 Å². The fourth-order valence-electron chi connectivity index (χ4n) is 5.33. The number of ether oxygens (including phenoxy) is 1. The van der Waals surface area contributed by atoms with E-state index < -0.39 is 47.9 Å². The lowest BCUT2D eigenvalue weighted by molar-refractivity contribution is -0.142. The van der Waals surface area contributed by atoms with Gasteiger partial charge in [0.2, 0.25) is 11.9 Å². The normalized spacial score (nSPS) is 18.0. The van der Waals surface area contributed by atoms with Crippen molar-refractivity contribution in [3.63, 3.8) is 0 Å². The lowest BCUT2D eigenvalue weighted by atomic mass is 9.86. The van der Waals surface area contributed by atoms with Crippen molar-refractivity contribution in [2.45, 2.75) is 50.7 Å². The van der Waals surface area contributed by atoms with Crippen LogP contribution < -0.4 is 20.9 Å². The fraction of sp³-hybridized carbons (Fsp3) is 0.379. The van der Waals surface area contributed by atoms with E-state index in [-0.39, 0.29) is 28.3 Å². The summed E-state index contributed by atoms with van der Waals surface area (Å²) in [6.45, 7) is 0.982. The lowest BCUT2D eigenvalue weighted by Crippen LogP contribution is -2.39. The summed E-state index contributed by atoms with van der Waals surface area (Å²) in [6, 6.07) is 3.30. The highest BCUT2D eigenvalue weighted by Gasteiger charge is 2.28. The second-order valence-corrected chi connectivity index (χ2v) is 11.1. The van der Waals surface area contributed by atoms with E-state index in [4.69, 9.17) is 16.3 Å². The van der Waals surface area contributed by atoms with Crippen molar-refractivity contribution in [3.05, 3.63) is 69.7 Å². The maximum atomic E-state index is 14.0. The molecule has 4 N–H and O–H groups in total. The number of amides is 1. The van der Waals surface area contributed by atoms with Gasteiger partial charge < -0.3 is 25.6 Å². The zero-order chi connectivity index (χ0) is 31.5. The third kappa shape index (κ3) is 6.50. The molecule has 1 amide bonds. The van der Waals surface area contributed by atoms with Crippen LogP contribution in [-0.4, -0.2) is 66.0 Å². The number of carboxylic acids is 1. The Kier molecular flexibility index (Phi) is 9.11. The Bertz CT molecular complexity index is 1760. The molecule has 0 bridgehead atoms. The van der Waals surface area contributed by atoms with Crippen LogP contribution in [0.15, 0.2) is 47.8 Å². The number of benzene rings is 1.